The van der Waals surface area contributed by atoms with E-state index in [4.69, 9.17) is 0 Å². The number of hydrogen-bond acceptors (Lipinski definition) is 0. The topological polar surface area (TPSA) is 0 Å². The summed E-state index contributed by atoms with van der Waals surface area (Å²) in [5, 5.41) is 0. The Hall–Kier alpha value is 5.82. The van der Waals surface area contributed by atoms with Gasteiger partial charge in [0.25, 0.3) is 0 Å². The van der Waals surface area contributed by atoms with Crippen molar-refractivity contribution in [1.29, 1.82) is 0 Å². The Morgan fingerprint density at radius 1 is 0.385 bits per heavy atom. The van der Waals surface area contributed by atoms with Gasteiger partial charge in [-0.05, 0) is 0 Å². The molecule has 13 heavy (non-hydrogen) atoms. The fraction of sp³-hybridized carbons (Fsp3) is 0. The summed E-state index contributed by atoms with van der Waals surface area (Å²) in [5.74, 6) is 0. The zero-order chi connectivity index (χ0) is 10.8. The Balaban J connectivity index is -0.0000000213. The molecular weight excluding hydrogens is 478 g/mol. The molecule has 0 aromatic rings. The van der Waals surface area contributed by atoms with Crippen LogP contribution in [0.4, 0.5) is 0 Å². The van der Waals surface area contributed by atoms with Crippen molar-refractivity contribution in [2.45, 2.75) is 0 Å². The van der Waals surface area contributed by atoms with Gasteiger partial charge in [-0.15, -0.1) is 71.4 Å². The molecule has 0 aromatic carbocycles. The van der Waals surface area contributed by atoms with Gasteiger partial charge in [0.05, 0.1) is 0 Å². The quantitative estimate of drug-likeness (QED) is 0.327. The average Bonchev–Trinajstić information content (AvgIpc) is 1.92. The third-order valence-electron chi connectivity index (χ3n) is 0. The Kier molecular flexibility index (Phi) is 126. The molecule has 0 fully saturated rings. The van der Waals surface area contributed by atoms with Gasteiger partial charge in [-0.3, -0.25) is 0 Å². The van der Waals surface area contributed by atoms with E-state index in [1.54, 1.807) is 0 Å². The van der Waals surface area contributed by atoms with E-state index in [2.05, 4.69) is 71.4 Å². The van der Waals surface area contributed by atoms with E-state index in [1.165, 1.54) is 0 Å². The second-order valence-electron chi connectivity index (χ2n) is 0.667. The molecule has 0 nitrogen and oxygen atoms in total. The smallest absolute Gasteiger partial charge is 0 e. The van der Waals surface area contributed by atoms with E-state index >= 15 is 0 Å². The van der Waals surface area contributed by atoms with Gasteiger partial charge in [-0.2, -0.15) is 0 Å². The molecule has 0 saturated carbocycles. The molecular formula is H20P12Pd. The van der Waals surface area contributed by atoms with Crippen molar-refractivity contribution in [3.8, 4) is 0 Å². The Morgan fingerprint density at radius 2 is 0.385 bits per heavy atom. The number of hydrogen-bond donors (Lipinski definition) is 0. The minimum absolute atomic E-state index is 0. The van der Waals surface area contributed by atoms with Crippen molar-refractivity contribution in [3.63, 3.8) is 0 Å². The minimum atomic E-state index is 0. The number of rotatable bonds is 0. The van der Waals surface area contributed by atoms with Gasteiger partial charge in [-0.1, -0.05) is 31.8 Å². The first kappa shape index (κ1) is 31.3. The van der Waals surface area contributed by atoms with E-state index < -0.39 is 0 Å². The average molecular weight is 498 g/mol. The maximum absolute atomic E-state index is 2.57. The van der Waals surface area contributed by atoms with Gasteiger partial charge >= 0.3 is 0 Å². The molecule has 90 valence electrons. The summed E-state index contributed by atoms with van der Waals surface area (Å²) in [5.41, 5.74) is 0. The van der Waals surface area contributed by atoms with Gasteiger partial charge in [-0.25, -0.2) is 0 Å². The summed E-state index contributed by atoms with van der Waals surface area (Å²) in [6, 6.07) is 0. The van der Waals surface area contributed by atoms with Gasteiger partial charge in [0, 0.05) is 20.4 Å². The van der Waals surface area contributed by atoms with Crippen LogP contribution in [0.1, 0.15) is 0 Å². The second kappa shape index (κ2) is 52.3. The summed E-state index contributed by atoms with van der Waals surface area (Å²) in [6.45, 7) is 0. The first-order valence-electron chi connectivity index (χ1n) is 2.31. The van der Waals surface area contributed by atoms with Crippen LogP contribution < -0.4 is 0 Å². The molecule has 0 N–H and O–H groups in total. The van der Waals surface area contributed by atoms with E-state index in [0.717, 1.165) is 31.8 Å². The van der Waals surface area contributed by atoms with Gasteiger partial charge in [0.2, 0.25) is 0 Å². The molecule has 8 atom stereocenters. The normalized spacial score (nSPS) is 5.54. The molecule has 0 saturated heterocycles. The minimum Gasteiger partial charge on any atom is -0.110 e. The maximum atomic E-state index is 2.57. The molecule has 0 rings (SSSR count). The second-order valence-corrected chi connectivity index (χ2v) is 18.0. The van der Waals surface area contributed by atoms with Crippen molar-refractivity contribution in [2.24, 2.45) is 0 Å². The zero-order valence-corrected chi connectivity index (χ0v) is 21.7. The van der Waals surface area contributed by atoms with Crippen LogP contribution in [-0.2, 0) is 20.4 Å². The molecule has 0 amide bonds. The van der Waals surface area contributed by atoms with Crippen LogP contribution >= 0.6 is 103 Å². The third-order valence-corrected chi connectivity index (χ3v) is 0. The first-order valence-corrected chi connectivity index (χ1v) is 20.8. The molecule has 13 heteroatoms. The van der Waals surface area contributed by atoms with Crippen LogP contribution in [0.25, 0.3) is 0 Å². The summed E-state index contributed by atoms with van der Waals surface area (Å²) in [7, 11) is 24.2. The standard InChI is InChI=1S/4H5P3.Pd/c4*1-3-2;/h4*3H,1-2H2;. The third kappa shape index (κ3) is 132. The molecule has 8 unspecified atom stereocenters. The molecule has 0 bridgehead atoms. The van der Waals surface area contributed by atoms with Crippen LogP contribution in [0.5, 0.6) is 0 Å². The Labute approximate surface area is 123 Å². The van der Waals surface area contributed by atoms with Crippen molar-refractivity contribution in [3.05, 3.63) is 0 Å². The molecule has 0 heterocycles. The summed E-state index contributed by atoms with van der Waals surface area (Å²) < 4.78 is 0. The fourth-order valence-electron chi connectivity index (χ4n) is 0. The Bertz CT molecular complexity index is 13.1. The van der Waals surface area contributed by atoms with E-state index in [-0.39, 0.29) is 20.4 Å². The summed E-state index contributed by atoms with van der Waals surface area (Å²) >= 11 is 0. The first-order chi connectivity index (χ1) is 5.66. The van der Waals surface area contributed by atoms with Crippen molar-refractivity contribution >= 4 is 103 Å². The van der Waals surface area contributed by atoms with Gasteiger partial charge < -0.3 is 0 Å². The van der Waals surface area contributed by atoms with E-state index in [1.807, 2.05) is 0 Å². The van der Waals surface area contributed by atoms with Crippen molar-refractivity contribution in [1.82, 2.24) is 0 Å². The van der Waals surface area contributed by atoms with Crippen LogP contribution in [0.15, 0.2) is 0 Å². The largest absolute Gasteiger partial charge is 0.110 e. The predicted octanol–water partition coefficient (Wildman–Crippen LogP) is 4.98. The molecule has 0 radical (unpaired) electrons. The molecule has 0 spiro atoms. The fourth-order valence-corrected chi connectivity index (χ4v) is 0. The molecule has 0 aliphatic rings. The van der Waals surface area contributed by atoms with E-state index in [0.29, 0.717) is 0 Å². The van der Waals surface area contributed by atoms with Crippen LogP contribution in [0, 0.1) is 0 Å². The van der Waals surface area contributed by atoms with Crippen LogP contribution in [0.2, 0.25) is 0 Å². The van der Waals surface area contributed by atoms with Crippen molar-refractivity contribution in [2.75, 3.05) is 0 Å². The monoisotopic (exact) mass is 498 g/mol. The van der Waals surface area contributed by atoms with E-state index in [9.17, 15) is 0 Å². The van der Waals surface area contributed by atoms with Crippen LogP contribution in [0.3, 0.4) is 0 Å². The summed E-state index contributed by atoms with van der Waals surface area (Å²) in [4.78, 5) is 0. The predicted molar refractivity (Wildman–Crippen MR) is 111 cm³/mol. The van der Waals surface area contributed by atoms with Crippen LogP contribution in [-0.4, -0.2) is 0 Å². The molecule has 0 aliphatic heterocycles. The zero-order valence-electron chi connectivity index (χ0n) is 6.94. The maximum Gasteiger partial charge on any atom is 0 e. The van der Waals surface area contributed by atoms with Crippen molar-refractivity contribution < 1.29 is 20.4 Å². The van der Waals surface area contributed by atoms with Gasteiger partial charge in [0.15, 0.2) is 0 Å². The summed E-state index contributed by atoms with van der Waals surface area (Å²) in [6.07, 6.45) is 0. The van der Waals surface area contributed by atoms with Gasteiger partial charge in [0.1, 0.15) is 0 Å². The SMILES string of the molecule is PPP.PPP.PPP.PPP.[Pd]. The molecule has 0 aliphatic carbocycles. The molecule has 0 aromatic heterocycles. The Morgan fingerprint density at radius 3 is 0.385 bits per heavy atom.